The van der Waals surface area contributed by atoms with Gasteiger partial charge < -0.3 is 20.3 Å². The Labute approximate surface area is 166 Å². The summed E-state index contributed by atoms with van der Waals surface area (Å²) in [7, 11) is 5.77. The van der Waals surface area contributed by atoms with Crippen LogP contribution in [-0.4, -0.2) is 37.8 Å². The fourth-order valence-electron chi connectivity index (χ4n) is 2.85. The van der Waals surface area contributed by atoms with Gasteiger partial charge in [0, 0.05) is 6.54 Å². The summed E-state index contributed by atoms with van der Waals surface area (Å²) in [5.74, 6) is 0.848. The van der Waals surface area contributed by atoms with E-state index in [0.29, 0.717) is 16.7 Å². The highest BCUT2D eigenvalue weighted by Crippen LogP contribution is 2.27. The molecule has 0 aliphatic rings. The summed E-state index contributed by atoms with van der Waals surface area (Å²) in [6.45, 7) is 4.72. The van der Waals surface area contributed by atoms with Gasteiger partial charge in [0.1, 0.15) is 5.75 Å². The molecule has 1 atom stereocenters. The first-order valence-electron chi connectivity index (χ1n) is 8.43. The highest BCUT2D eigenvalue weighted by Gasteiger charge is 2.15. The molecule has 6 heteroatoms. The predicted octanol–water partition coefficient (Wildman–Crippen LogP) is 4.55. The second-order valence-electron chi connectivity index (χ2n) is 6.53. The summed E-state index contributed by atoms with van der Waals surface area (Å²) in [5.41, 5.74) is 4.24. The minimum atomic E-state index is 0.176. The maximum absolute atomic E-state index is 6.35. The van der Waals surface area contributed by atoms with Gasteiger partial charge in [0.15, 0.2) is 5.11 Å². The monoisotopic (exact) mass is 391 g/mol. The molecule has 140 valence electrons. The SMILES string of the molecule is COc1ccc([C@@H](CNC(=S)Nc2c(C)cc(C)cc2Cl)N(C)C)cc1. The van der Waals surface area contributed by atoms with Crippen molar-refractivity contribution in [3.05, 3.63) is 58.1 Å². The molecule has 2 N–H and O–H groups in total. The summed E-state index contributed by atoms with van der Waals surface area (Å²) in [6, 6.07) is 12.3. The van der Waals surface area contributed by atoms with E-state index in [1.807, 2.05) is 46.1 Å². The van der Waals surface area contributed by atoms with Crippen LogP contribution in [0.5, 0.6) is 5.75 Å². The Kier molecular flexibility index (Phi) is 7.26. The molecule has 0 aromatic heterocycles. The molecule has 0 saturated carbocycles. The highest BCUT2D eigenvalue weighted by atomic mass is 35.5. The lowest BCUT2D eigenvalue weighted by Gasteiger charge is -2.26. The number of ether oxygens (including phenoxy) is 1. The summed E-state index contributed by atoms with van der Waals surface area (Å²) in [5, 5.41) is 7.74. The number of benzene rings is 2. The molecule has 0 fully saturated rings. The van der Waals surface area contributed by atoms with Crippen LogP contribution in [0.3, 0.4) is 0 Å². The molecule has 4 nitrogen and oxygen atoms in total. The van der Waals surface area contributed by atoms with Crippen molar-refractivity contribution in [1.29, 1.82) is 0 Å². The van der Waals surface area contributed by atoms with Crippen molar-refractivity contribution in [1.82, 2.24) is 10.2 Å². The molecule has 0 heterocycles. The molecular weight excluding hydrogens is 366 g/mol. The lowest BCUT2D eigenvalue weighted by molar-refractivity contribution is 0.299. The van der Waals surface area contributed by atoms with E-state index >= 15 is 0 Å². The zero-order chi connectivity index (χ0) is 19.3. The third kappa shape index (κ3) is 5.34. The number of thiocarbonyl (C=S) groups is 1. The summed E-state index contributed by atoms with van der Waals surface area (Å²) in [6.07, 6.45) is 0. The lowest BCUT2D eigenvalue weighted by Crippen LogP contribution is -2.36. The molecule has 0 unspecified atom stereocenters. The Balaban J connectivity index is 2.03. The second kappa shape index (κ2) is 9.21. The van der Waals surface area contributed by atoms with E-state index in [4.69, 9.17) is 28.6 Å². The zero-order valence-electron chi connectivity index (χ0n) is 15.9. The average Bonchev–Trinajstić information content (AvgIpc) is 2.58. The van der Waals surface area contributed by atoms with Crippen molar-refractivity contribution >= 4 is 34.6 Å². The fraction of sp³-hybridized carbons (Fsp3) is 0.350. The maximum Gasteiger partial charge on any atom is 0.170 e. The van der Waals surface area contributed by atoms with Gasteiger partial charge in [0.25, 0.3) is 0 Å². The first kappa shape index (κ1) is 20.5. The molecule has 2 rings (SSSR count). The summed E-state index contributed by atoms with van der Waals surface area (Å²) in [4.78, 5) is 2.15. The molecule has 2 aromatic carbocycles. The van der Waals surface area contributed by atoms with Crippen LogP contribution in [0.1, 0.15) is 22.7 Å². The van der Waals surface area contributed by atoms with Gasteiger partial charge in [-0.15, -0.1) is 0 Å². The van der Waals surface area contributed by atoms with Gasteiger partial charge in [-0.2, -0.15) is 0 Å². The minimum absolute atomic E-state index is 0.176. The van der Waals surface area contributed by atoms with Gasteiger partial charge >= 0.3 is 0 Å². The van der Waals surface area contributed by atoms with Crippen LogP contribution in [-0.2, 0) is 0 Å². The van der Waals surface area contributed by atoms with Crippen molar-refractivity contribution in [3.8, 4) is 5.75 Å². The van der Waals surface area contributed by atoms with Crippen molar-refractivity contribution in [2.45, 2.75) is 19.9 Å². The molecule has 0 bridgehead atoms. The first-order chi connectivity index (χ1) is 12.3. The van der Waals surface area contributed by atoms with Gasteiger partial charge in [-0.1, -0.05) is 29.8 Å². The number of aryl methyl sites for hydroxylation is 2. The maximum atomic E-state index is 6.35. The zero-order valence-corrected chi connectivity index (χ0v) is 17.5. The van der Waals surface area contributed by atoms with E-state index in [1.165, 1.54) is 5.56 Å². The van der Waals surface area contributed by atoms with E-state index in [2.05, 4.69) is 33.7 Å². The Morgan fingerprint density at radius 2 is 1.85 bits per heavy atom. The number of nitrogens with one attached hydrogen (secondary N) is 2. The molecule has 0 amide bonds. The van der Waals surface area contributed by atoms with Crippen LogP contribution >= 0.6 is 23.8 Å². The number of rotatable bonds is 6. The molecule has 2 aromatic rings. The molecule has 0 aliphatic heterocycles. The Hall–Kier alpha value is -1.82. The van der Waals surface area contributed by atoms with Crippen LogP contribution in [0.25, 0.3) is 0 Å². The third-order valence-corrected chi connectivity index (χ3v) is 4.79. The molecular formula is C20H26ClN3OS. The van der Waals surface area contributed by atoms with Crippen molar-refractivity contribution in [2.24, 2.45) is 0 Å². The Morgan fingerprint density at radius 3 is 2.38 bits per heavy atom. The molecule has 0 aliphatic carbocycles. The van der Waals surface area contributed by atoms with Gasteiger partial charge in [-0.3, -0.25) is 0 Å². The van der Waals surface area contributed by atoms with Crippen molar-refractivity contribution in [3.63, 3.8) is 0 Å². The van der Waals surface area contributed by atoms with E-state index in [-0.39, 0.29) is 6.04 Å². The number of anilines is 1. The lowest BCUT2D eigenvalue weighted by atomic mass is 10.1. The van der Waals surface area contributed by atoms with Crippen molar-refractivity contribution < 1.29 is 4.74 Å². The standard InChI is InChI=1S/C20H26ClN3OS/c1-13-10-14(2)19(17(21)11-13)23-20(26)22-12-18(24(3)4)15-6-8-16(25-5)9-7-15/h6-11,18H,12H2,1-5H3,(H2,22,23,26)/t18-/m1/s1. The fourth-order valence-corrected chi connectivity index (χ4v) is 3.40. The number of halogens is 1. The van der Waals surface area contributed by atoms with Crippen LogP contribution < -0.4 is 15.4 Å². The van der Waals surface area contributed by atoms with Gasteiger partial charge in [-0.05, 0) is 75.1 Å². The molecule has 26 heavy (non-hydrogen) atoms. The van der Waals surface area contributed by atoms with Crippen LogP contribution in [0.2, 0.25) is 5.02 Å². The molecule has 0 spiro atoms. The van der Waals surface area contributed by atoms with E-state index in [0.717, 1.165) is 22.6 Å². The smallest absolute Gasteiger partial charge is 0.170 e. The number of hydrogen-bond donors (Lipinski definition) is 2. The van der Waals surface area contributed by atoms with E-state index in [9.17, 15) is 0 Å². The van der Waals surface area contributed by atoms with Gasteiger partial charge in [0.2, 0.25) is 0 Å². The minimum Gasteiger partial charge on any atom is -0.497 e. The van der Waals surface area contributed by atoms with Crippen LogP contribution in [0, 0.1) is 13.8 Å². The third-order valence-electron chi connectivity index (χ3n) is 4.25. The van der Waals surface area contributed by atoms with E-state index < -0.39 is 0 Å². The average molecular weight is 392 g/mol. The number of likely N-dealkylation sites (N-methyl/N-ethyl adjacent to an activating group) is 1. The van der Waals surface area contributed by atoms with E-state index in [1.54, 1.807) is 7.11 Å². The first-order valence-corrected chi connectivity index (χ1v) is 9.22. The molecule has 0 radical (unpaired) electrons. The topological polar surface area (TPSA) is 36.5 Å². The number of hydrogen-bond acceptors (Lipinski definition) is 3. The van der Waals surface area contributed by atoms with Crippen LogP contribution in [0.4, 0.5) is 5.69 Å². The van der Waals surface area contributed by atoms with Gasteiger partial charge in [-0.25, -0.2) is 0 Å². The quantitative estimate of drug-likeness (QED) is 0.706. The highest BCUT2D eigenvalue weighted by molar-refractivity contribution is 7.80. The Morgan fingerprint density at radius 1 is 1.19 bits per heavy atom. The largest absolute Gasteiger partial charge is 0.497 e. The number of methoxy groups -OCH3 is 1. The van der Waals surface area contributed by atoms with Crippen LogP contribution in [0.15, 0.2) is 36.4 Å². The normalized spacial score (nSPS) is 12.0. The summed E-state index contributed by atoms with van der Waals surface area (Å²) < 4.78 is 5.23. The predicted molar refractivity (Wildman–Crippen MR) is 115 cm³/mol. The number of nitrogens with zero attached hydrogens (tertiary/aromatic N) is 1. The molecule has 0 saturated heterocycles. The van der Waals surface area contributed by atoms with Gasteiger partial charge in [0.05, 0.1) is 23.9 Å². The van der Waals surface area contributed by atoms with Crippen molar-refractivity contribution in [2.75, 3.05) is 33.1 Å². The summed E-state index contributed by atoms with van der Waals surface area (Å²) >= 11 is 11.8. The second-order valence-corrected chi connectivity index (χ2v) is 7.34. The Bertz CT molecular complexity index is 739.